The quantitative estimate of drug-likeness (QED) is 0.538. The summed E-state index contributed by atoms with van der Waals surface area (Å²) >= 11 is 0. The van der Waals surface area contributed by atoms with E-state index < -0.39 is 18.2 Å². The van der Waals surface area contributed by atoms with Gasteiger partial charge in [0.1, 0.15) is 0 Å². The van der Waals surface area contributed by atoms with Crippen LogP contribution in [0.15, 0.2) is 0 Å². The van der Waals surface area contributed by atoms with Crippen molar-refractivity contribution < 1.29 is 24.9 Å². The minimum atomic E-state index is -0.862. The number of rotatable bonds is 5. The molecule has 0 aromatic rings. The number of carboxylic acids is 1. The van der Waals surface area contributed by atoms with Gasteiger partial charge >= 0.3 is 5.97 Å². The van der Waals surface area contributed by atoms with Crippen LogP contribution in [-0.2, 0) is 9.59 Å². The highest BCUT2D eigenvalue weighted by atomic mass is 16.4. The molecule has 0 saturated carbocycles. The molecule has 0 unspecified atom stereocenters. The SMILES string of the molecule is O=C(O)CCCCC(=O)N1C[C@@H](O)[C@@H](O)C1. The van der Waals surface area contributed by atoms with Crippen molar-refractivity contribution in [2.75, 3.05) is 13.1 Å². The van der Waals surface area contributed by atoms with Crippen LogP contribution in [0.5, 0.6) is 0 Å². The number of aliphatic hydroxyl groups is 2. The van der Waals surface area contributed by atoms with Crippen molar-refractivity contribution in [3.8, 4) is 0 Å². The molecule has 92 valence electrons. The van der Waals surface area contributed by atoms with E-state index in [1.807, 2.05) is 0 Å². The van der Waals surface area contributed by atoms with Crippen LogP contribution >= 0.6 is 0 Å². The topological polar surface area (TPSA) is 98.1 Å². The molecule has 1 heterocycles. The molecule has 0 radical (unpaired) electrons. The Labute approximate surface area is 93.5 Å². The molecule has 1 amide bonds. The maximum Gasteiger partial charge on any atom is 0.303 e. The zero-order valence-electron chi connectivity index (χ0n) is 9.00. The zero-order chi connectivity index (χ0) is 12.1. The molecule has 3 N–H and O–H groups in total. The maximum atomic E-state index is 11.5. The molecule has 2 atom stereocenters. The Bertz CT molecular complexity index is 258. The molecular weight excluding hydrogens is 214 g/mol. The van der Waals surface area contributed by atoms with Gasteiger partial charge in [0.15, 0.2) is 0 Å². The highest BCUT2D eigenvalue weighted by molar-refractivity contribution is 5.76. The van der Waals surface area contributed by atoms with Crippen molar-refractivity contribution in [1.82, 2.24) is 4.90 Å². The maximum absolute atomic E-state index is 11.5. The second-order valence-electron chi connectivity index (χ2n) is 4.03. The number of carbonyl (C=O) groups excluding carboxylic acids is 1. The van der Waals surface area contributed by atoms with Gasteiger partial charge in [0.05, 0.1) is 12.2 Å². The molecule has 1 fully saturated rings. The summed E-state index contributed by atoms with van der Waals surface area (Å²) in [5, 5.41) is 26.9. The van der Waals surface area contributed by atoms with Gasteiger partial charge in [0.2, 0.25) is 5.91 Å². The third-order valence-corrected chi connectivity index (χ3v) is 2.64. The number of carboxylic acid groups (broad SMARTS) is 1. The minimum Gasteiger partial charge on any atom is -0.481 e. The van der Waals surface area contributed by atoms with Crippen molar-refractivity contribution in [2.45, 2.75) is 37.9 Å². The average Bonchev–Trinajstić information content (AvgIpc) is 2.54. The summed E-state index contributed by atoms with van der Waals surface area (Å²) in [7, 11) is 0. The highest BCUT2D eigenvalue weighted by Crippen LogP contribution is 2.12. The van der Waals surface area contributed by atoms with Crippen LogP contribution in [0.4, 0.5) is 0 Å². The van der Waals surface area contributed by atoms with Gasteiger partial charge in [0.25, 0.3) is 0 Å². The molecule has 0 aromatic carbocycles. The van der Waals surface area contributed by atoms with Gasteiger partial charge in [-0.15, -0.1) is 0 Å². The predicted octanol–water partition coefficient (Wildman–Crippen LogP) is -0.805. The van der Waals surface area contributed by atoms with Crippen LogP contribution in [0.1, 0.15) is 25.7 Å². The van der Waals surface area contributed by atoms with Crippen molar-refractivity contribution in [3.05, 3.63) is 0 Å². The van der Waals surface area contributed by atoms with Crippen molar-refractivity contribution in [3.63, 3.8) is 0 Å². The summed E-state index contributed by atoms with van der Waals surface area (Å²) < 4.78 is 0. The number of nitrogens with zero attached hydrogens (tertiary/aromatic N) is 1. The second-order valence-corrected chi connectivity index (χ2v) is 4.03. The normalized spacial score (nSPS) is 24.8. The number of unbranched alkanes of at least 4 members (excludes halogenated alkanes) is 1. The predicted molar refractivity (Wildman–Crippen MR) is 54.7 cm³/mol. The van der Waals surface area contributed by atoms with E-state index in [-0.39, 0.29) is 31.8 Å². The number of likely N-dealkylation sites (tertiary alicyclic amines) is 1. The van der Waals surface area contributed by atoms with E-state index in [1.165, 1.54) is 4.90 Å². The summed E-state index contributed by atoms with van der Waals surface area (Å²) in [6.07, 6.45) is -0.384. The van der Waals surface area contributed by atoms with Gasteiger partial charge < -0.3 is 20.2 Å². The van der Waals surface area contributed by atoms with Crippen LogP contribution < -0.4 is 0 Å². The highest BCUT2D eigenvalue weighted by Gasteiger charge is 2.31. The number of carbonyl (C=O) groups is 2. The van der Waals surface area contributed by atoms with E-state index in [1.54, 1.807) is 0 Å². The summed E-state index contributed by atoms with van der Waals surface area (Å²) in [6, 6.07) is 0. The molecule has 6 heteroatoms. The van der Waals surface area contributed by atoms with Gasteiger partial charge in [0, 0.05) is 25.9 Å². The van der Waals surface area contributed by atoms with Crippen molar-refractivity contribution >= 4 is 11.9 Å². The number of aliphatic hydroxyl groups excluding tert-OH is 2. The van der Waals surface area contributed by atoms with E-state index in [2.05, 4.69) is 0 Å². The zero-order valence-corrected chi connectivity index (χ0v) is 9.00. The Kier molecular flexibility index (Phi) is 4.70. The fourth-order valence-corrected chi connectivity index (χ4v) is 1.68. The number of aliphatic carboxylic acids is 1. The smallest absolute Gasteiger partial charge is 0.303 e. The standard InChI is InChI=1S/C10H17NO5/c12-7-5-11(6-8(7)13)9(14)3-1-2-4-10(15)16/h7-8,12-13H,1-6H2,(H,15,16)/t7-,8+. The second kappa shape index (κ2) is 5.81. The summed E-state index contributed by atoms with van der Waals surface area (Å²) in [5.41, 5.74) is 0. The third kappa shape index (κ3) is 3.79. The molecule has 0 spiro atoms. The van der Waals surface area contributed by atoms with Gasteiger partial charge in [-0.2, -0.15) is 0 Å². The van der Waals surface area contributed by atoms with Gasteiger partial charge in [-0.3, -0.25) is 9.59 Å². The summed E-state index contributed by atoms with van der Waals surface area (Å²) in [4.78, 5) is 23.2. The molecule has 1 saturated heterocycles. The van der Waals surface area contributed by atoms with E-state index >= 15 is 0 Å². The van der Waals surface area contributed by atoms with Crippen LogP contribution in [0.2, 0.25) is 0 Å². The Balaban J connectivity index is 2.18. The molecule has 1 aliphatic rings. The Morgan fingerprint density at radius 2 is 1.56 bits per heavy atom. The lowest BCUT2D eigenvalue weighted by molar-refractivity contribution is -0.137. The lowest BCUT2D eigenvalue weighted by Gasteiger charge is -2.14. The van der Waals surface area contributed by atoms with E-state index in [9.17, 15) is 19.8 Å². The van der Waals surface area contributed by atoms with Gasteiger partial charge in [-0.1, -0.05) is 0 Å². The fraction of sp³-hybridized carbons (Fsp3) is 0.800. The molecular formula is C10H17NO5. The molecule has 6 nitrogen and oxygen atoms in total. The van der Waals surface area contributed by atoms with Crippen molar-refractivity contribution in [1.29, 1.82) is 0 Å². The molecule has 0 bridgehead atoms. The number of hydrogen-bond acceptors (Lipinski definition) is 4. The first-order valence-electron chi connectivity index (χ1n) is 5.36. The molecule has 1 rings (SSSR count). The van der Waals surface area contributed by atoms with Gasteiger partial charge in [-0.05, 0) is 12.8 Å². The van der Waals surface area contributed by atoms with Crippen LogP contribution in [-0.4, -0.2) is 57.4 Å². The Morgan fingerprint density at radius 3 is 2.06 bits per heavy atom. The first-order valence-corrected chi connectivity index (χ1v) is 5.36. The van der Waals surface area contributed by atoms with Crippen LogP contribution in [0.25, 0.3) is 0 Å². The first kappa shape index (κ1) is 12.9. The third-order valence-electron chi connectivity index (χ3n) is 2.64. The average molecular weight is 231 g/mol. The largest absolute Gasteiger partial charge is 0.481 e. The molecule has 16 heavy (non-hydrogen) atoms. The first-order chi connectivity index (χ1) is 7.50. The summed E-state index contributed by atoms with van der Waals surface area (Å²) in [5.74, 6) is -1.000. The summed E-state index contributed by atoms with van der Waals surface area (Å²) in [6.45, 7) is 0.331. The van der Waals surface area contributed by atoms with E-state index in [0.29, 0.717) is 12.8 Å². The number of amides is 1. The monoisotopic (exact) mass is 231 g/mol. The molecule has 0 aliphatic carbocycles. The minimum absolute atomic E-state index is 0.0680. The van der Waals surface area contributed by atoms with E-state index in [4.69, 9.17) is 5.11 Å². The number of hydrogen-bond donors (Lipinski definition) is 3. The molecule has 0 aromatic heterocycles. The molecule has 1 aliphatic heterocycles. The van der Waals surface area contributed by atoms with Crippen molar-refractivity contribution in [2.24, 2.45) is 0 Å². The lowest BCUT2D eigenvalue weighted by atomic mass is 10.2. The van der Waals surface area contributed by atoms with Crippen LogP contribution in [0, 0.1) is 0 Å². The van der Waals surface area contributed by atoms with E-state index in [0.717, 1.165) is 0 Å². The Morgan fingerprint density at radius 1 is 1.06 bits per heavy atom. The lowest BCUT2D eigenvalue weighted by Crippen LogP contribution is -2.29. The Hall–Kier alpha value is -1.14. The number of β-amino-alcohol motifs (C(OH)–C–C–N with tert-alkyl or cyclic N) is 2. The fourth-order valence-electron chi connectivity index (χ4n) is 1.68. The van der Waals surface area contributed by atoms with Crippen LogP contribution in [0.3, 0.4) is 0 Å². The van der Waals surface area contributed by atoms with Gasteiger partial charge in [-0.25, -0.2) is 0 Å².